The van der Waals surface area contributed by atoms with Gasteiger partial charge in [-0.05, 0) is 33.6 Å². The molecule has 0 aliphatic heterocycles. The van der Waals surface area contributed by atoms with Gasteiger partial charge in [0.25, 0.3) is 0 Å². The van der Waals surface area contributed by atoms with E-state index in [4.69, 9.17) is 67.5 Å². The molecule has 0 atom stereocenters. The van der Waals surface area contributed by atoms with Gasteiger partial charge in [0.2, 0.25) is 0 Å². The minimum Gasteiger partial charge on any atom is -0.303 e. The molecule has 0 aromatic heterocycles. The van der Waals surface area contributed by atoms with Gasteiger partial charge in [0.05, 0.1) is 6.61 Å². The Morgan fingerprint density at radius 3 is 1.20 bits per heavy atom. The lowest BCUT2D eigenvalue weighted by Crippen LogP contribution is -1.89. The molecule has 20 heteroatoms. The van der Waals surface area contributed by atoms with Crippen molar-refractivity contribution in [2.24, 2.45) is 0 Å². The van der Waals surface area contributed by atoms with E-state index >= 15 is 0 Å². The van der Waals surface area contributed by atoms with Gasteiger partial charge in [0, 0.05) is 0 Å². The fourth-order valence-corrected chi connectivity index (χ4v) is 1.24. The second-order valence-electron chi connectivity index (χ2n) is 5.20. The molecule has 0 fully saturated rings. The number of phosphoric ester groups is 1. The van der Waals surface area contributed by atoms with Gasteiger partial charge in [-0.25, -0.2) is 18.3 Å². The van der Waals surface area contributed by atoms with Gasteiger partial charge in [-0.1, -0.05) is 23.3 Å². The van der Waals surface area contributed by atoms with E-state index in [-0.39, 0.29) is 6.61 Å². The van der Waals surface area contributed by atoms with Crippen molar-refractivity contribution in [1.82, 2.24) is 0 Å². The molecular weight excluding hydrogens is 500 g/mol. The van der Waals surface area contributed by atoms with E-state index in [1.807, 2.05) is 20.8 Å². The fourth-order valence-electron chi connectivity index (χ4n) is 0.967. The van der Waals surface area contributed by atoms with E-state index in [1.54, 1.807) is 6.08 Å². The van der Waals surface area contributed by atoms with Crippen LogP contribution < -0.4 is 0 Å². The summed E-state index contributed by atoms with van der Waals surface area (Å²) in [6.45, 7) is 5.96. The van der Waals surface area contributed by atoms with Crippen molar-refractivity contribution in [1.29, 1.82) is 0 Å². The van der Waals surface area contributed by atoms with Crippen LogP contribution in [0.25, 0.3) is 0 Å². The largest absolute Gasteiger partial charge is 0.469 e. The van der Waals surface area contributed by atoms with E-state index in [2.05, 4.69) is 10.6 Å². The van der Waals surface area contributed by atoms with Crippen molar-refractivity contribution < 1.29 is 76.6 Å². The van der Waals surface area contributed by atoms with Crippen LogP contribution in [0.15, 0.2) is 23.3 Å². The number of allylic oxidation sites excluding steroid dienone is 3. The number of hydrogen-bond donors (Lipinski definition) is 11. The zero-order valence-electron chi connectivity index (χ0n) is 16.0. The Labute approximate surface area is 172 Å². The van der Waals surface area contributed by atoms with E-state index in [1.165, 1.54) is 5.57 Å². The van der Waals surface area contributed by atoms with Crippen molar-refractivity contribution in [3.8, 4) is 0 Å². The maximum absolute atomic E-state index is 10.3. The summed E-state index contributed by atoms with van der Waals surface area (Å²) < 4.78 is 41.3. The number of phosphoric acid groups is 4. The molecule has 0 saturated heterocycles. The Kier molecular flexibility index (Phi) is 21.7. The first-order chi connectivity index (χ1) is 12.8. The Bertz CT molecular complexity index is 614. The van der Waals surface area contributed by atoms with Crippen LogP contribution in [-0.2, 0) is 22.8 Å². The summed E-state index contributed by atoms with van der Waals surface area (Å²) in [5.74, 6) is 0. The zero-order valence-corrected chi connectivity index (χ0v) is 19.6. The molecule has 0 bridgehead atoms. The minimum absolute atomic E-state index is 0.0368. The summed E-state index contributed by atoms with van der Waals surface area (Å²) in [6.07, 6.45) is 5.65. The molecular formula is C10H28O16P4. The smallest absolute Gasteiger partial charge is 0.303 e. The van der Waals surface area contributed by atoms with E-state index < -0.39 is 31.3 Å². The predicted octanol–water partition coefficient (Wildman–Crippen LogP) is 0.00260. The summed E-state index contributed by atoms with van der Waals surface area (Å²) in [4.78, 5) is 81.5. The van der Waals surface area contributed by atoms with Gasteiger partial charge in [0.1, 0.15) is 0 Å². The summed E-state index contributed by atoms with van der Waals surface area (Å²) in [7, 11) is -18.2. The van der Waals surface area contributed by atoms with Gasteiger partial charge in [-0.15, -0.1) is 0 Å². The van der Waals surface area contributed by atoms with Crippen LogP contribution in [0.2, 0.25) is 0 Å². The molecule has 184 valence electrons. The van der Waals surface area contributed by atoms with Crippen molar-refractivity contribution >= 4 is 31.3 Å². The van der Waals surface area contributed by atoms with Gasteiger partial charge in [-0.3, -0.25) is 4.52 Å². The molecule has 30 heavy (non-hydrogen) atoms. The molecule has 0 aromatic rings. The molecule has 0 aromatic carbocycles. The van der Waals surface area contributed by atoms with Crippen LogP contribution in [0.5, 0.6) is 0 Å². The highest BCUT2D eigenvalue weighted by atomic mass is 31.2. The standard InChI is InChI=1S/C10H19O4P.3H3O4P/c1-9(2)5-4-6-10(3)7-8-14-15(11,12)13;3*1-5(2,3)4/h5,7H,4,6,8H2,1-3H3,(H2,11,12,13);3*(H3,1,2,3,4)/b10-7+;;;. The number of hydrogen-bond acceptors (Lipinski definition) is 5. The van der Waals surface area contributed by atoms with E-state index in [9.17, 15) is 4.57 Å². The lowest BCUT2D eigenvalue weighted by molar-refractivity contribution is 0.215. The maximum Gasteiger partial charge on any atom is 0.469 e. The molecule has 0 unspecified atom stereocenters. The Morgan fingerprint density at radius 1 is 0.667 bits per heavy atom. The topological polar surface area (TPSA) is 300 Å². The quantitative estimate of drug-likeness (QED) is 0.160. The van der Waals surface area contributed by atoms with Crippen LogP contribution >= 0.6 is 31.3 Å². The second kappa shape index (κ2) is 17.5. The van der Waals surface area contributed by atoms with Crippen molar-refractivity contribution in [3.05, 3.63) is 23.3 Å². The van der Waals surface area contributed by atoms with E-state index in [0.717, 1.165) is 18.4 Å². The first-order valence-electron chi connectivity index (χ1n) is 7.15. The third-order valence-corrected chi connectivity index (χ3v) is 2.25. The fraction of sp³-hybridized carbons (Fsp3) is 0.600. The molecule has 0 radical (unpaired) electrons. The SMILES string of the molecule is CC(C)=CCC/C(C)=C/COP(=O)(O)O.O=P(O)(O)O.O=P(O)(O)O.O=P(O)(O)O. The number of rotatable bonds is 6. The summed E-state index contributed by atoms with van der Waals surface area (Å²) >= 11 is 0. The molecule has 0 heterocycles. The third kappa shape index (κ3) is 121. The molecule has 0 rings (SSSR count). The molecule has 11 N–H and O–H groups in total. The summed E-state index contributed by atoms with van der Waals surface area (Å²) in [5.41, 5.74) is 2.34. The monoisotopic (exact) mass is 528 g/mol. The maximum atomic E-state index is 10.3. The lowest BCUT2D eigenvalue weighted by atomic mass is 10.1. The molecule has 16 nitrogen and oxygen atoms in total. The highest BCUT2D eigenvalue weighted by molar-refractivity contribution is 7.46. The van der Waals surface area contributed by atoms with E-state index in [0.29, 0.717) is 0 Å². The van der Waals surface area contributed by atoms with Crippen molar-refractivity contribution in [2.45, 2.75) is 33.6 Å². The van der Waals surface area contributed by atoms with Crippen molar-refractivity contribution in [3.63, 3.8) is 0 Å². The van der Waals surface area contributed by atoms with Gasteiger partial charge in [0.15, 0.2) is 0 Å². The minimum atomic E-state index is -4.64. The highest BCUT2D eigenvalue weighted by Crippen LogP contribution is 2.35. The predicted molar refractivity (Wildman–Crippen MR) is 103 cm³/mol. The first kappa shape index (κ1) is 37.2. The molecule has 0 spiro atoms. The lowest BCUT2D eigenvalue weighted by Gasteiger charge is -2.03. The summed E-state index contributed by atoms with van der Waals surface area (Å²) in [5, 5.41) is 0. The van der Waals surface area contributed by atoms with Crippen molar-refractivity contribution in [2.75, 3.05) is 6.61 Å². The van der Waals surface area contributed by atoms with Crippen LogP contribution in [0.3, 0.4) is 0 Å². The average Bonchev–Trinajstić information content (AvgIpc) is 2.29. The highest BCUT2D eigenvalue weighted by Gasteiger charge is 2.11. The molecule has 0 saturated carbocycles. The molecule has 0 aliphatic carbocycles. The summed E-state index contributed by atoms with van der Waals surface area (Å²) in [6, 6.07) is 0. The molecule has 0 amide bonds. The average molecular weight is 528 g/mol. The Hall–Kier alpha value is -0.0800. The van der Waals surface area contributed by atoms with Gasteiger partial charge < -0.3 is 53.8 Å². The van der Waals surface area contributed by atoms with Crippen LogP contribution in [-0.4, -0.2) is 60.4 Å². The molecule has 0 aliphatic rings. The van der Waals surface area contributed by atoms with Gasteiger partial charge >= 0.3 is 31.3 Å². The van der Waals surface area contributed by atoms with Crippen LogP contribution in [0, 0.1) is 0 Å². The Morgan fingerprint density at radius 2 is 0.967 bits per heavy atom. The van der Waals surface area contributed by atoms with Crippen LogP contribution in [0.4, 0.5) is 0 Å². The normalized spacial score (nSPS) is 12.3. The van der Waals surface area contributed by atoms with Crippen LogP contribution in [0.1, 0.15) is 33.6 Å². The Balaban J connectivity index is -0.000000184. The second-order valence-corrected chi connectivity index (χ2v) is 9.52. The van der Waals surface area contributed by atoms with Gasteiger partial charge in [-0.2, -0.15) is 0 Å². The third-order valence-electron chi connectivity index (χ3n) is 1.77. The zero-order chi connectivity index (χ0) is 25.4. The first-order valence-corrected chi connectivity index (χ1v) is 13.4.